The molecule has 1 aliphatic rings. The summed E-state index contributed by atoms with van der Waals surface area (Å²) in [6.45, 7) is 10.6. The molecule has 2 rings (SSSR count). The summed E-state index contributed by atoms with van der Waals surface area (Å²) in [5, 5.41) is 3.53. The minimum Gasteiger partial charge on any atom is -0.385 e. The van der Waals surface area contributed by atoms with Crippen LogP contribution in [0.15, 0.2) is 24.3 Å². The molecule has 1 nitrogen and oxygen atoms in total. The molecular formula is C15H23N. The monoisotopic (exact) mass is 217 g/mol. The minimum atomic E-state index is 0.349. The quantitative estimate of drug-likeness (QED) is 0.788. The molecule has 0 radical (unpaired) electrons. The lowest BCUT2D eigenvalue weighted by Gasteiger charge is -2.46. The van der Waals surface area contributed by atoms with Gasteiger partial charge in [0.15, 0.2) is 0 Å². The summed E-state index contributed by atoms with van der Waals surface area (Å²) >= 11 is 0. The summed E-state index contributed by atoms with van der Waals surface area (Å²) in [6, 6.07) is 8.82. The second kappa shape index (κ2) is 4.12. The van der Waals surface area contributed by atoms with Crippen LogP contribution in [0.5, 0.6) is 0 Å². The summed E-state index contributed by atoms with van der Waals surface area (Å²) in [7, 11) is 0. The topological polar surface area (TPSA) is 12.0 Å². The van der Waals surface area contributed by atoms with E-state index >= 15 is 0 Å². The first-order chi connectivity index (χ1) is 7.59. The predicted molar refractivity (Wildman–Crippen MR) is 70.9 cm³/mol. The lowest BCUT2D eigenvalue weighted by atomic mass is 9.61. The van der Waals surface area contributed by atoms with E-state index < -0.39 is 0 Å². The van der Waals surface area contributed by atoms with Crippen LogP contribution in [-0.2, 0) is 5.41 Å². The van der Waals surface area contributed by atoms with Gasteiger partial charge in [0.1, 0.15) is 0 Å². The van der Waals surface area contributed by atoms with E-state index in [1.54, 1.807) is 0 Å². The van der Waals surface area contributed by atoms with Gasteiger partial charge in [-0.15, -0.1) is 0 Å². The van der Waals surface area contributed by atoms with Gasteiger partial charge in [-0.1, -0.05) is 45.9 Å². The Hall–Kier alpha value is -0.980. The lowest BCUT2D eigenvalue weighted by molar-refractivity contribution is 0.202. The molecule has 1 heteroatoms. The third-order valence-corrected chi connectivity index (χ3v) is 4.34. The fourth-order valence-electron chi connectivity index (χ4n) is 3.45. The van der Waals surface area contributed by atoms with Crippen LogP contribution < -0.4 is 5.32 Å². The van der Waals surface area contributed by atoms with Crippen molar-refractivity contribution in [2.24, 2.45) is 11.8 Å². The maximum atomic E-state index is 3.53. The molecule has 0 amide bonds. The molecular weight excluding hydrogens is 194 g/mol. The van der Waals surface area contributed by atoms with E-state index in [4.69, 9.17) is 0 Å². The van der Waals surface area contributed by atoms with Crippen LogP contribution in [0.1, 0.15) is 39.7 Å². The van der Waals surface area contributed by atoms with E-state index in [1.165, 1.54) is 17.7 Å². The zero-order chi connectivity index (χ0) is 11.8. The first-order valence-corrected chi connectivity index (χ1v) is 6.42. The minimum absolute atomic E-state index is 0.349. The zero-order valence-electron chi connectivity index (χ0n) is 10.9. The van der Waals surface area contributed by atoms with Gasteiger partial charge in [0, 0.05) is 17.6 Å². The molecule has 1 aromatic rings. The Morgan fingerprint density at radius 2 is 1.69 bits per heavy atom. The highest BCUT2D eigenvalue weighted by Crippen LogP contribution is 2.47. The molecule has 0 saturated heterocycles. The van der Waals surface area contributed by atoms with Crippen molar-refractivity contribution in [3.63, 3.8) is 0 Å². The van der Waals surface area contributed by atoms with Crippen molar-refractivity contribution < 1.29 is 0 Å². The third-order valence-electron chi connectivity index (χ3n) is 4.34. The second-order valence-corrected chi connectivity index (χ2v) is 5.57. The third kappa shape index (κ3) is 1.53. The number of hydrogen-bond acceptors (Lipinski definition) is 1. The van der Waals surface area contributed by atoms with Crippen molar-refractivity contribution in [3.8, 4) is 0 Å². The van der Waals surface area contributed by atoms with Gasteiger partial charge in [-0.2, -0.15) is 0 Å². The number of anilines is 1. The highest BCUT2D eigenvalue weighted by atomic mass is 14.9. The van der Waals surface area contributed by atoms with Crippen LogP contribution in [0.2, 0.25) is 0 Å². The fourth-order valence-corrected chi connectivity index (χ4v) is 3.45. The Bertz CT molecular complexity index is 357. The van der Waals surface area contributed by atoms with E-state index in [-0.39, 0.29) is 0 Å². The molecule has 0 aromatic heterocycles. The number of benzene rings is 1. The summed E-state index contributed by atoms with van der Waals surface area (Å²) in [4.78, 5) is 0. The molecule has 0 spiro atoms. The number of nitrogens with one attached hydrogen (secondary N) is 1. The largest absolute Gasteiger partial charge is 0.385 e. The van der Waals surface area contributed by atoms with Gasteiger partial charge in [0.05, 0.1) is 0 Å². The second-order valence-electron chi connectivity index (χ2n) is 5.57. The smallest absolute Gasteiger partial charge is 0.0378 e. The molecule has 1 heterocycles. The van der Waals surface area contributed by atoms with Crippen molar-refractivity contribution in [3.05, 3.63) is 29.8 Å². The molecule has 0 atom stereocenters. The van der Waals surface area contributed by atoms with Crippen LogP contribution in [-0.4, -0.2) is 6.54 Å². The van der Waals surface area contributed by atoms with Crippen molar-refractivity contribution in [1.82, 2.24) is 0 Å². The molecule has 1 aliphatic heterocycles. The van der Waals surface area contributed by atoms with Crippen molar-refractivity contribution in [1.29, 1.82) is 0 Å². The van der Waals surface area contributed by atoms with Crippen LogP contribution in [0.3, 0.4) is 0 Å². The van der Waals surface area contributed by atoms with Gasteiger partial charge in [0.2, 0.25) is 0 Å². The number of para-hydroxylation sites is 1. The van der Waals surface area contributed by atoms with E-state index in [2.05, 4.69) is 57.3 Å². The Balaban J connectivity index is 2.57. The summed E-state index contributed by atoms with van der Waals surface area (Å²) in [6.07, 6.45) is 1.25. The van der Waals surface area contributed by atoms with Crippen molar-refractivity contribution >= 4 is 5.69 Å². The van der Waals surface area contributed by atoms with Gasteiger partial charge in [-0.3, -0.25) is 0 Å². The summed E-state index contributed by atoms with van der Waals surface area (Å²) < 4.78 is 0. The highest BCUT2D eigenvalue weighted by Gasteiger charge is 2.41. The molecule has 1 aromatic carbocycles. The van der Waals surface area contributed by atoms with Crippen molar-refractivity contribution in [2.75, 3.05) is 11.9 Å². The Morgan fingerprint density at radius 3 is 2.31 bits per heavy atom. The van der Waals surface area contributed by atoms with Gasteiger partial charge in [0.25, 0.3) is 0 Å². The van der Waals surface area contributed by atoms with Crippen molar-refractivity contribution in [2.45, 2.75) is 39.5 Å². The Labute approximate surface area is 99.3 Å². The highest BCUT2D eigenvalue weighted by molar-refractivity contribution is 5.57. The Kier molecular flexibility index (Phi) is 2.96. The number of rotatable bonds is 2. The molecule has 0 fully saturated rings. The fraction of sp³-hybridized carbons (Fsp3) is 0.600. The first-order valence-electron chi connectivity index (χ1n) is 6.42. The van der Waals surface area contributed by atoms with Gasteiger partial charge in [-0.05, 0) is 29.9 Å². The predicted octanol–water partition coefficient (Wildman–Crippen LogP) is 4.05. The molecule has 0 bridgehead atoms. The summed E-state index contributed by atoms with van der Waals surface area (Å²) in [5.41, 5.74) is 3.21. The molecule has 0 unspecified atom stereocenters. The molecule has 0 saturated carbocycles. The molecule has 16 heavy (non-hydrogen) atoms. The normalized spacial score (nSPS) is 18.4. The van der Waals surface area contributed by atoms with Crippen LogP contribution in [0, 0.1) is 11.8 Å². The van der Waals surface area contributed by atoms with E-state index in [0.29, 0.717) is 17.3 Å². The SMILES string of the molecule is CC(C)C1(C(C)C)CCNc2ccccc21. The summed E-state index contributed by atoms with van der Waals surface area (Å²) in [5.74, 6) is 1.38. The lowest BCUT2D eigenvalue weighted by Crippen LogP contribution is -2.43. The van der Waals surface area contributed by atoms with Crippen LogP contribution >= 0.6 is 0 Å². The van der Waals surface area contributed by atoms with Gasteiger partial charge in [-0.25, -0.2) is 0 Å². The van der Waals surface area contributed by atoms with Gasteiger partial charge >= 0.3 is 0 Å². The number of hydrogen-bond donors (Lipinski definition) is 1. The maximum absolute atomic E-state index is 3.53. The Morgan fingerprint density at radius 1 is 1.06 bits per heavy atom. The average Bonchev–Trinajstić information content (AvgIpc) is 2.27. The van der Waals surface area contributed by atoms with Gasteiger partial charge < -0.3 is 5.32 Å². The molecule has 1 N–H and O–H groups in total. The molecule has 88 valence electrons. The zero-order valence-corrected chi connectivity index (χ0v) is 10.9. The maximum Gasteiger partial charge on any atom is 0.0378 e. The average molecular weight is 217 g/mol. The van der Waals surface area contributed by atoms with E-state index in [9.17, 15) is 0 Å². The van der Waals surface area contributed by atoms with Crippen LogP contribution in [0.25, 0.3) is 0 Å². The van der Waals surface area contributed by atoms with Crippen LogP contribution in [0.4, 0.5) is 5.69 Å². The van der Waals surface area contributed by atoms with E-state index in [0.717, 1.165) is 6.54 Å². The standard InChI is InChI=1S/C15H23N/c1-11(2)15(12(3)4)9-10-16-14-8-6-5-7-13(14)15/h5-8,11-12,16H,9-10H2,1-4H3. The molecule has 0 aliphatic carbocycles. The number of fused-ring (bicyclic) bond motifs is 1. The van der Waals surface area contributed by atoms with E-state index in [1.807, 2.05) is 0 Å². The first kappa shape index (κ1) is 11.5.